The number of hydrogen-bond donors (Lipinski definition) is 0. The Hall–Kier alpha value is -1.06. The summed E-state index contributed by atoms with van der Waals surface area (Å²) in [6.07, 6.45) is 0.635. The van der Waals surface area contributed by atoms with Gasteiger partial charge in [0.05, 0.1) is 6.54 Å². The Labute approximate surface area is 77.8 Å². The lowest BCUT2D eigenvalue weighted by atomic mass is 10.2. The molecule has 0 unspecified atom stereocenters. The molecule has 4 nitrogen and oxygen atoms in total. The van der Waals surface area contributed by atoms with Gasteiger partial charge in [-0.2, -0.15) is 0 Å². The van der Waals surface area contributed by atoms with E-state index in [2.05, 4.69) is 0 Å². The summed E-state index contributed by atoms with van der Waals surface area (Å²) in [6, 6.07) is 0.182. The first-order valence-corrected chi connectivity index (χ1v) is 4.45. The van der Waals surface area contributed by atoms with Crippen molar-refractivity contribution in [3.8, 4) is 0 Å². The molecule has 0 spiro atoms. The molecule has 0 saturated carbocycles. The van der Waals surface area contributed by atoms with Crippen molar-refractivity contribution < 1.29 is 14.3 Å². The van der Waals surface area contributed by atoms with Gasteiger partial charge < -0.3 is 9.64 Å². The van der Waals surface area contributed by atoms with E-state index in [1.165, 1.54) is 13.8 Å². The van der Waals surface area contributed by atoms with Gasteiger partial charge in [0.2, 0.25) is 5.91 Å². The summed E-state index contributed by atoms with van der Waals surface area (Å²) >= 11 is 0. The SMILES string of the molecule is CC(=O)O[C@@H]1C[C@@H](C)N(C(C)=O)C1. The summed E-state index contributed by atoms with van der Waals surface area (Å²) in [4.78, 5) is 23.5. The quantitative estimate of drug-likeness (QED) is 0.561. The summed E-state index contributed by atoms with van der Waals surface area (Å²) in [5, 5.41) is 0. The Bertz CT molecular complexity index is 227. The van der Waals surface area contributed by atoms with Crippen LogP contribution in [0.4, 0.5) is 0 Å². The molecule has 1 saturated heterocycles. The van der Waals surface area contributed by atoms with Crippen molar-refractivity contribution in [2.24, 2.45) is 0 Å². The molecule has 2 atom stereocenters. The fourth-order valence-electron chi connectivity index (χ4n) is 1.74. The zero-order valence-electron chi connectivity index (χ0n) is 8.24. The lowest BCUT2D eigenvalue weighted by molar-refractivity contribution is -0.146. The highest BCUT2D eigenvalue weighted by Crippen LogP contribution is 2.19. The van der Waals surface area contributed by atoms with E-state index in [1.54, 1.807) is 4.90 Å². The second-order valence-electron chi connectivity index (χ2n) is 3.49. The van der Waals surface area contributed by atoms with Crippen LogP contribution in [0.3, 0.4) is 0 Å². The average molecular weight is 185 g/mol. The first kappa shape index (κ1) is 10.0. The largest absolute Gasteiger partial charge is 0.461 e. The number of hydrogen-bond acceptors (Lipinski definition) is 3. The maximum Gasteiger partial charge on any atom is 0.302 e. The van der Waals surface area contributed by atoms with Gasteiger partial charge in [-0.05, 0) is 6.92 Å². The molecule has 1 aliphatic heterocycles. The van der Waals surface area contributed by atoms with Crippen molar-refractivity contribution in [2.45, 2.75) is 39.3 Å². The van der Waals surface area contributed by atoms with E-state index >= 15 is 0 Å². The molecule has 0 aliphatic carbocycles. The number of rotatable bonds is 1. The van der Waals surface area contributed by atoms with Gasteiger partial charge in [0.15, 0.2) is 0 Å². The molecule has 1 fully saturated rings. The van der Waals surface area contributed by atoms with Crippen molar-refractivity contribution in [1.82, 2.24) is 4.90 Å². The Morgan fingerprint density at radius 3 is 2.38 bits per heavy atom. The van der Waals surface area contributed by atoms with Crippen molar-refractivity contribution in [1.29, 1.82) is 0 Å². The molecular formula is C9H15NO3. The number of carbonyl (C=O) groups excluding carboxylic acids is 2. The molecule has 0 aromatic heterocycles. The predicted molar refractivity (Wildman–Crippen MR) is 47.0 cm³/mol. The molecule has 4 heteroatoms. The Balaban J connectivity index is 2.50. The molecular weight excluding hydrogens is 170 g/mol. The van der Waals surface area contributed by atoms with Gasteiger partial charge in [0.25, 0.3) is 0 Å². The van der Waals surface area contributed by atoms with Crippen LogP contribution >= 0.6 is 0 Å². The topological polar surface area (TPSA) is 46.6 Å². The highest BCUT2D eigenvalue weighted by molar-refractivity contribution is 5.74. The molecule has 1 aliphatic rings. The van der Waals surface area contributed by atoms with Gasteiger partial charge in [0, 0.05) is 26.3 Å². The Morgan fingerprint density at radius 2 is 2.00 bits per heavy atom. The van der Waals surface area contributed by atoms with Gasteiger partial charge in [-0.1, -0.05) is 0 Å². The molecule has 0 aromatic rings. The summed E-state index contributed by atoms with van der Waals surface area (Å²) < 4.78 is 5.03. The number of nitrogens with zero attached hydrogens (tertiary/aromatic N) is 1. The van der Waals surface area contributed by atoms with E-state index in [-0.39, 0.29) is 24.0 Å². The number of likely N-dealkylation sites (tertiary alicyclic amines) is 1. The standard InChI is InChI=1S/C9H15NO3/c1-6-4-9(13-8(3)12)5-10(6)7(2)11/h6,9H,4-5H2,1-3H3/t6-,9-/m1/s1. The molecule has 0 aromatic carbocycles. The monoisotopic (exact) mass is 185 g/mol. The third-order valence-electron chi connectivity index (χ3n) is 2.27. The zero-order chi connectivity index (χ0) is 10.0. The lowest BCUT2D eigenvalue weighted by Crippen LogP contribution is -2.32. The smallest absolute Gasteiger partial charge is 0.302 e. The van der Waals surface area contributed by atoms with Gasteiger partial charge in [-0.25, -0.2) is 0 Å². The minimum atomic E-state index is -0.275. The van der Waals surface area contributed by atoms with Gasteiger partial charge in [0.1, 0.15) is 6.10 Å². The van der Waals surface area contributed by atoms with E-state index in [1.807, 2.05) is 6.92 Å². The summed E-state index contributed by atoms with van der Waals surface area (Å²) in [5.74, 6) is -0.232. The van der Waals surface area contributed by atoms with Crippen LogP contribution in [0.15, 0.2) is 0 Å². The van der Waals surface area contributed by atoms with Crippen LogP contribution in [0.1, 0.15) is 27.2 Å². The van der Waals surface area contributed by atoms with Crippen molar-refractivity contribution in [3.05, 3.63) is 0 Å². The Morgan fingerprint density at radius 1 is 1.38 bits per heavy atom. The van der Waals surface area contributed by atoms with Crippen LogP contribution < -0.4 is 0 Å². The molecule has 0 N–H and O–H groups in total. The van der Waals surface area contributed by atoms with E-state index in [9.17, 15) is 9.59 Å². The molecule has 0 radical (unpaired) electrons. The fraction of sp³-hybridized carbons (Fsp3) is 0.778. The van der Waals surface area contributed by atoms with Crippen LogP contribution in [0, 0.1) is 0 Å². The Kier molecular flexibility index (Phi) is 2.90. The van der Waals surface area contributed by atoms with Crippen molar-refractivity contribution in [3.63, 3.8) is 0 Å². The van der Waals surface area contributed by atoms with Crippen LogP contribution in [0.25, 0.3) is 0 Å². The molecule has 1 rings (SSSR count). The zero-order valence-corrected chi connectivity index (χ0v) is 8.24. The maximum absolute atomic E-state index is 11.1. The first-order valence-electron chi connectivity index (χ1n) is 4.45. The third-order valence-corrected chi connectivity index (χ3v) is 2.27. The minimum Gasteiger partial charge on any atom is -0.461 e. The summed E-state index contributed by atoms with van der Waals surface area (Å²) in [7, 11) is 0. The maximum atomic E-state index is 11.1. The van der Waals surface area contributed by atoms with E-state index < -0.39 is 0 Å². The van der Waals surface area contributed by atoms with E-state index in [4.69, 9.17) is 4.74 Å². The summed E-state index contributed by atoms with van der Waals surface area (Å²) in [5.41, 5.74) is 0. The van der Waals surface area contributed by atoms with Crippen molar-refractivity contribution in [2.75, 3.05) is 6.54 Å². The molecule has 1 heterocycles. The summed E-state index contributed by atoms with van der Waals surface area (Å²) in [6.45, 7) is 5.43. The molecule has 13 heavy (non-hydrogen) atoms. The fourth-order valence-corrected chi connectivity index (χ4v) is 1.74. The highest BCUT2D eigenvalue weighted by Gasteiger charge is 2.32. The number of amides is 1. The van der Waals surface area contributed by atoms with Crippen molar-refractivity contribution >= 4 is 11.9 Å². The average Bonchev–Trinajstić information content (AvgIpc) is 2.29. The normalized spacial score (nSPS) is 27.5. The second kappa shape index (κ2) is 3.77. The predicted octanol–water partition coefficient (Wildman–Crippen LogP) is 0.559. The minimum absolute atomic E-state index is 0.0437. The van der Waals surface area contributed by atoms with Gasteiger partial charge in [-0.15, -0.1) is 0 Å². The second-order valence-corrected chi connectivity index (χ2v) is 3.49. The van der Waals surface area contributed by atoms with Crippen LogP contribution in [-0.2, 0) is 14.3 Å². The van der Waals surface area contributed by atoms with Gasteiger partial charge >= 0.3 is 5.97 Å². The van der Waals surface area contributed by atoms with Gasteiger partial charge in [-0.3, -0.25) is 9.59 Å². The van der Waals surface area contributed by atoms with E-state index in [0.717, 1.165) is 6.42 Å². The lowest BCUT2D eigenvalue weighted by Gasteiger charge is -2.18. The molecule has 1 amide bonds. The number of ether oxygens (including phenoxy) is 1. The third kappa shape index (κ3) is 2.44. The number of esters is 1. The molecule has 74 valence electrons. The first-order chi connectivity index (χ1) is 6.00. The van der Waals surface area contributed by atoms with Crippen LogP contribution in [-0.4, -0.2) is 35.5 Å². The van der Waals surface area contributed by atoms with E-state index in [0.29, 0.717) is 6.54 Å². The van der Waals surface area contributed by atoms with Crippen LogP contribution in [0.5, 0.6) is 0 Å². The highest BCUT2D eigenvalue weighted by atomic mass is 16.5. The number of carbonyl (C=O) groups is 2. The molecule has 0 bridgehead atoms. The van der Waals surface area contributed by atoms with Crippen LogP contribution in [0.2, 0.25) is 0 Å².